The third kappa shape index (κ3) is 4.07. The van der Waals surface area contributed by atoms with Crippen LogP contribution in [0.4, 0.5) is 4.39 Å². The van der Waals surface area contributed by atoms with E-state index in [0.29, 0.717) is 67.3 Å². The van der Waals surface area contributed by atoms with Crippen molar-refractivity contribution in [3.63, 3.8) is 0 Å². The van der Waals surface area contributed by atoms with Gasteiger partial charge >= 0.3 is 0 Å². The van der Waals surface area contributed by atoms with Gasteiger partial charge in [-0.3, -0.25) is 9.36 Å². The fourth-order valence-corrected chi connectivity index (χ4v) is 5.24. The Morgan fingerprint density at radius 3 is 2.56 bits per heavy atom. The van der Waals surface area contributed by atoms with Crippen LogP contribution in [0.2, 0.25) is 0 Å². The summed E-state index contributed by atoms with van der Waals surface area (Å²) < 4.78 is 21.9. The van der Waals surface area contributed by atoms with Gasteiger partial charge in [-0.25, -0.2) is 14.4 Å². The number of fused-ring (bicyclic) bond motifs is 1. The van der Waals surface area contributed by atoms with Crippen molar-refractivity contribution in [3.05, 3.63) is 71.9 Å². The molecule has 4 aromatic rings. The molecule has 9 heteroatoms. The van der Waals surface area contributed by atoms with Crippen LogP contribution >= 0.6 is 11.8 Å². The summed E-state index contributed by atoms with van der Waals surface area (Å²) >= 11 is 1.61. The maximum absolute atomic E-state index is 14.6. The summed E-state index contributed by atoms with van der Waals surface area (Å²) in [5.74, 6) is 0.0155. The fourth-order valence-electron chi connectivity index (χ4n) is 4.63. The van der Waals surface area contributed by atoms with Gasteiger partial charge in [-0.15, -0.1) is 11.8 Å². The molecule has 3 heterocycles. The third-order valence-corrected chi connectivity index (χ3v) is 7.69. The Hall–Kier alpha value is -3.27. The summed E-state index contributed by atoms with van der Waals surface area (Å²) in [7, 11) is 0. The molecule has 184 valence electrons. The molecule has 2 aromatic carbocycles. The molecule has 2 fully saturated rings. The smallest absolute Gasteiger partial charge is 0.254 e. The summed E-state index contributed by atoms with van der Waals surface area (Å²) in [6.07, 6.45) is 8.50. The van der Waals surface area contributed by atoms with Crippen molar-refractivity contribution in [2.45, 2.75) is 23.3 Å². The lowest BCUT2D eigenvalue weighted by atomic mass is 10.0. The number of carbonyl (C=O) groups excluding carboxylic acids is 1. The number of amides is 1. The van der Waals surface area contributed by atoms with Gasteiger partial charge in [0.15, 0.2) is 0 Å². The van der Waals surface area contributed by atoms with Crippen molar-refractivity contribution < 1.29 is 19.0 Å². The maximum atomic E-state index is 14.6. The Bertz CT molecular complexity index is 1460. The van der Waals surface area contributed by atoms with Gasteiger partial charge in [-0.1, -0.05) is 12.1 Å². The van der Waals surface area contributed by atoms with Crippen LogP contribution in [0.15, 0.2) is 59.9 Å². The molecular weight excluding hydrogens is 479 g/mol. The molecule has 1 saturated heterocycles. The first-order chi connectivity index (χ1) is 17.5. The van der Waals surface area contributed by atoms with Gasteiger partial charge in [0.25, 0.3) is 5.91 Å². The van der Waals surface area contributed by atoms with Crippen molar-refractivity contribution >= 4 is 28.6 Å². The molecule has 1 N–H and O–H groups in total. The Labute approximate surface area is 211 Å². The zero-order valence-corrected chi connectivity index (χ0v) is 20.6. The Balaban J connectivity index is 1.36. The lowest BCUT2D eigenvalue weighted by molar-refractivity contribution is 0.0303. The van der Waals surface area contributed by atoms with Crippen LogP contribution in [0.1, 0.15) is 28.8 Å². The second-order valence-electron chi connectivity index (χ2n) is 9.20. The van der Waals surface area contributed by atoms with Crippen LogP contribution in [0.25, 0.3) is 28.0 Å². The summed E-state index contributed by atoms with van der Waals surface area (Å²) in [6.45, 7) is 2.25. The molecule has 6 rings (SSSR count). The number of halogens is 1. The molecule has 1 aliphatic carbocycles. The first-order valence-corrected chi connectivity index (χ1v) is 13.1. The molecule has 0 spiro atoms. The van der Waals surface area contributed by atoms with E-state index in [1.165, 1.54) is 6.07 Å². The monoisotopic (exact) mass is 504 g/mol. The van der Waals surface area contributed by atoms with Crippen molar-refractivity contribution in [1.82, 2.24) is 19.4 Å². The minimum absolute atomic E-state index is 0.0254. The average molecular weight is 505 g/mol. The van der Waals surface area contributed by atoms with Crippen LogP contribution in [0.3, 0.4) is 0 Å². The number of morpholine rings is 1. The molecule has 36 heavy (non-hydrogen) atoms. The lowest BCUT2D eigenvalue weighted by Gasteiger charge is -2.26. The second-order valence-corrected chi connectivity index (χ2v) is 10.1. The topological polar surface area (TPSA) is 80.5 Å². The highest BCUT2D eigenvalue weighted by molar-refractivity contribution is 7.98. The van der Waals surface area contributed by atoms with Gasteiger partial charge in [-0.2, -0.15) is 0 Å². The van der Waals surface area contributed by atoms with Crippen LogP contribution in [-0.2, 0) is 10.3 Å². The number of aliphatic hydroxyl groups is 1. The zero-order chi connectivity index (χ0) is 24.9. The molecule has 0 unspecified atom stereocenters. The van der Waals surface area contributed by atoms with E-state index < -0.39 is 5.60 Å². The van der Waals surface area contributed by atoms with Crippen LogP contribution < -0.4 is 0 Å². The Kier molecular flexibility index (Phi) is 5.78. The minimum atomic E-state index is -0.849. The van der Waals surface area contributed by atoms with Crippen LogP contribution in [0, 0.1) is 5.82 Å². The van der Waals surface area contributed by atoms with E-state index in [1.54, 1.807) is 41.2 Å². The van der Waals surface area contributed by atoms with Gasteiger partial charge in [0.05, 0.1) is 24.3 Å². The number of aromatic nitrogens is 3. The normalized spacial score (nSPS) is 16.9. The van der Waals surface area contributed by atoms with Crippen LogP contribution in [0.5, 0.6) is 0 Å². The first kappa shape index (κ1) is 23.1. The molecule has 2 aliphatic rings. The van der Waals surface area contributed by atoms with Gasteiger partial charge in [-0.05, 0) is 48.9 Å². The van der Waals surface area contributed by atoms with Gasteiger partial charge < -0.3 is 14.7 Å². The number of carbonyl (C=O) groups is 1. The largest absolute Gasteiger partial charge is 0.385 e. The summed E-state index contributed by atoms with van der Waals surface area (Å²) in [4.78, 5) is 25.0. The molecule has 0 atom stereocenters. The zero-order valence-electron chi connectivity index (χ0n) is 19.8. The highest BCUT2D eigenvalue weighted by Crippen LogP contribution is 2.46. The van der Waals surface area contributed by atoms with Crippen LogP contribution in [-0.4, -0.2) is 63.0 Å². The lowest BCUT2D eigenvalue weighted by Crippen LogP contribution is -2.40. The van der Waals surface area contributed by atoms with Crippen molar-refractivity contribution in [3.8, 4) is 17.1 Å². The quantitative estimate of drug-likeness (QED) is 0.406. The van der Waals surface area contributed by atoms with Crippen molar-refractivity contribution in [2.24, 2.45) is 0 Å². The minimum Gasteiger partial charge on any atom is -0.385 e. The number of benzene rings is 2. The molecule has 0 radical (unpaired) electrons. The highest BCUT2D eigenvalue weighted by Gasteiger charge is 2.42. The van der Waals surface area contributed by atoms with E-state index in [9.17, 15) is 14.3 Å². The number of hydrogen-bond acceptors (Lipinski definition) is 6. The van der Waals surface area contributed by atoms with E-state index in [1.807, 2.05) is 35.2 Å². The highest BCUT2D eigenvalue weighted by atomic mass is 32.2. The summed E-state index contributed by atoms with van der Waals surface area (Å²) in [5, 5.41) is 11.4. The number of hydrogen-bond donors (Lipinski definition) is 1. The first-order valence-electron chi connectivity index (χ1n) is 11.9. The van der Waals surface area contributed by atoms with E-state index in [4.69, 9.17) is 4.74 Å². The average Bonchev–Trinajstić information content (AvgIpc) is 3.57. The number of nitrogens with zero attached hydrogens (tertiary/aromatic N) is 4. The molecule has 1 amide bonds. The van der Waals surface area contributed by atoms with Crippen molar-refractivity contribution in [2.75, 3.05) is 32.6 Å². The number of ether oxygens (including phenoxy) is 1. The molecule has 7 nitrogen and oxygen atoms in total. The second kappa shape index (κ2) is 8.99. The third-order valence-electron chi connectivity index (χ3n) is 6.93. The van der Waals surface area contributed by atoms with E-state index in [2.05, 4.69) is 9.97 Å². The maximum Gasteiger partial charge on any atom is 0.254 e. The molecule has 1 saturated carbocycles. The molecule has 0 bridgehead atoms. The molecular formula is C27H25FN4O3S. The van der Waals surface area contributed by atoms with Gasteiger partial charge in [0.2, 0.25) is 5.95 Å². The van der Waals surface area contributed by atoms with E-state index in [-0.39, 0.29) is 11.7 Å². The summed E-state index contributed by atoms with van der Waals surface area (Å²) in [5.41, 5.74) is 2.19. The number of rotatable bonds is 5. The fraction of sp³-hybridized carbons (Fsp3) is 0.296. The SMILES string of the molecule is CSc1cn(-c2ncc(-c3cc(C4(O)CC4)ccc3F)cn2)c2cc(C(=O)N3CCOCC3)ccc12. The Morgan fingerprint density at radius 2 is 1.86 bits per heavy atom. The molecule has 1 aliphatic heterocycles. The molecule has 2 aromatic heterocycles. The number of thioether (sulfide) groups is 1. The predicted octanol–water partition coefficient (Wildman–Crippen LogP) is 4.40. The van der Waals surface area contributed by atoms with Crippen molar-refractivity contribution in [1.29, 1.82) is 0 Å². The predicted molar refractivity (Wildman–Crippen MR) is 136 cm³/mol. The summed E-state index contributed by atoms with van der Waals surface area (Å²) in [6, 6.07) is 10.4. The van der Waals surface area contributed by atoms with Gasteiger partial charge in [0.1, 0.15) is 5.82 Å². The van der Waals surface area contributed by atoms with E-state index >= 15 is 0 Å². The van der Waals surface area contributed by atoms with Gasteiger partial charge in [0, 0.05) is 58.7 Å². The standard InChI is InChI=1S/C27H25FN4O3S/c1-36-24-16-32(23-12-17(2-4-20(23)24)25(33)31-8-10-35-11-9-31)26-29-14-18(15-30-26)21-13-19(3-5-22(21)28)27(34)6-7-27/h2-5,12-16,34H,6-11H2,1H3. The Morgan fingerprint density at radius 1 is 1.11 bits per heavy atom. The van der Waals surface area contributed by atoms with E-state index in [0.717, 1.165) is 15.8 Å².